The molecule has 6 nitrogen and oxygen atoms in total. The van der Waals surface area contributed by atoms with Crippen LogP contribution in [0, 0.1) is 0 Å². The lowest BCUT2D eigenvalue weighted by atomic mass is 9.84. The fraction of sp³-hybridized carbons (Fsp3) is 0.714. The molecule has 2 aliphatic heterocycles. The Morgan fingerprint density at radius 1 is 1.13 bits per heavy atom. The smallest absolute Gasteiger partial charge is 0.493 e. The van der Waals surface area contributed by atoms with Crippen LogP contribution in [-0.4, -0.2) is 67.6 Å². The van der Waals surface area contributed by atoms with E-state index in [0.717, 1.165) is 24.1 Å². The van der Waals surface area contributed by atoms with Gasteiger partial charge < -0.3 is 19.3 Å². The van der Waals surface area contributed by atoms with E-state index in [9.17, 15) is 18.3 Å². The van der Waals surface area contributed by atoms with E-state index in [-0.39, 0.29) is 24.4 Å². The molecule has 0 saturated carbocycles. The van der Waals surface area contributed by atoms with Gasteiger partial charge in [-0.3, -0.25) is 9.64 Å². The van der Waals surface area contributed by atoms with Crippen molar-refractivity contribution in [3.63, 3.8) is 0 Å². The average Bonchev–Trinajstić information content (AvgIpc) is 2.63. The van der Waals surface area contributed by atoms with E-state index in [0.29, 0.717) is 24.5 Å². The van der Waals surface area contributed by atoms with Gasteiger partial charge in [0.1, 0.15) is 6.61 Å². The van der Waals surface area contributed by atoms with Crippen molar-refractivity contribution in [1.29, 1.82) is 0 Å². The van der Waals surface area contributed by atoms with E-state index in [4.69, 9.17) is 14.2 Å². The number of hydrogen-bond donors (Lipinski definition) is 1. The zero-order valence-corrected chi connectivity index (χ0v) is 17.8. The van der Waals surface area contributed by atoms with Gasteiger partial charge in [0.15, 0.2) is 11.5 Å². The summed E-state index contributed by atoms with van der Waals surface area (Å²) in [5, 5.41) is 10.7. The predicted octanol–water partition coefficient (Wildman–Crippen LogP) is 3.46. The maximum absolute atomic E-state index is 12.1. The summed E-state index contributed by atoms with van der Waals surface area (Å²) in [6.45, 7) is 6.53. The van der Waals surface area contributed by atoms with Crippen molar-refractivity contribution in [3.8, 4) is 11.5 Å². The molecule has 1 N–H and O–H groups in total. The van der Waals surface area contributed by atoms with Gasteiger partial charge in [-0.2, -0.15) is 0 Å². The summed E-state index contributed by atoms with van der Waals surface area (Å²) in [5.74, 6) is 0.839. The number of piperidine rings is 1. The van der Waals surface area contributed by atoms with E-state index < -0.39 is 19.1 Å². The third-order valence-corrected chi connectivity index (χ3v) is 5.31. The van der Waals surface area contributed by atoms with Crippen molar-refractivity contribution in [2.24, 2.45) is 0 Å². The molecular weight excluding hydrogens is 403 g/mol. The molecule has 0 bridgehead atoms. The molecule has 0 aliphatic carbocycles. The van der Waals surface area contributed by atoms with Gasteiger partial charge >= 0.3 is 6.36 Å². The lowest BCUT2D eigenvalue weighted by molar-refractivity contribution is -0.325. The van der Waals surface area contributed by atoms with Crippen LogP contribution in [0.2, 0.25) is 0 Å². The van der Waals surface area contributed by atoms with Crippen molar-refractivity contribution in [2.45, 2.75) is 63.8 Å². The van der Waals surface area contributed by atoms with Gasteiger partial charge in [0.2, 0.25) is 0 Å². The Balaban J connectivity index is 1.72. The second-order valence-electron chi connectivity index (χ2n) is 8.68. The average molecular weight is 433 g/mol. The first-order valence-corrected chi connectivity index (χ1v) is 10.1. The van der Waals surface area contributed by atoms with Gasteiger partial charge in [0.05, 0.1) is 31.5 Å². The van der Waals surface area contributed by atoms with Crippen molar-refractivity contribution in [1.82, 2.24) is 4.90 Å². The van der Waals surface area contributed by atoms with Crippen LogP contribution in [0.3, 0.4) is 0 Å². The van der Waals surface area contributed by atoms with Crippen LogP contribution in [0.4, 0.5) is 13.2 Å². The van der Waals surface area contributed by atoms with Crippen LogP contribution in [0.25, 0.3) is 0 Å². The SMILES string of the molecule is COc1cc2c(cc1OCCOC(F)(F)F)CCN1CC(OC(C)(C)C)C(O)CC21. The summed E-state index contributed by atoms with van der Waals surface area (Å²) in [7, 11) is 1.49. The van der Waals surface area contributed by atoms with Gasteiger partial charge in [0, 0.05) is 19.1 Å². The number of fused-ring (bicyclic) bond motifs is 3. The third kappa shape index (κ3) is 5.78. The number of rotatable bonds is 6. The Morgan fingerprint density at radius 2 is 1.87 bits per heavy atom. The molecule has 3 unspecified atom stereocenters. The summed E-state index contributed by atoms with van der Waals surface area (Å²) in [5.41, 5.74) is 1.76. The van der Waals surface area contributed by atoms with Crippen LogP contribution >= 0.6 is 0 Å². The normalized spacial score (nSPS) is 24.9. The number of benzene rings is 1. The fourth-order valence-electron chi connectivity index (χ4n) is 4.14. The molecule has 2 heterocycles. The van der Waals surface area contributed by atoms with Gasteiger partial charge in [-0.15, -0.1) is 13.2 Å². The highest BCUT2D eigenvalue weighted by Crippen LogP contribution is 2.42. The van der Waals surface area contributed by atoms with E-state index in [2.05, 4.69) is 9.64 Å². The second-order valence-corrected chi connectivity index (χ2v) is 8.68. The van der Waals surface area contributed by atoms with Gasteiger partial charge in [-0.05, 0) is 56.9 Å². The zero-order chi connectivity index (χ0) is 22.1. The number of hydrogen-bond acceptors (Lipinski definition) is 6. The summed E-state index contributed by atoms with van der Waals surface area (Å²) in [4.78, 5) is 2.31. The van der Waals surface area contributed by atoms with Gasteiger partial charge in [-0.1, -0.05) is 0 Å². The molecule has 30 heavy (non-hydrogen) atoms. The maximum atomic E-state index is 12.1. The molecule has 1 saturated heterocycles. The van der Waals surface area contributed by atoms with Gasteiger partial charge in [-0.25, -0.2) is 0 Å². The Morgan fingerprint density at radius 3 is 2.50 bits per heavy atom. The van der Waals surface area contributed by atoms with E-state index in [1.54, 1.807) is 0 Å². The molecule has 0 spiro atoms. The summed E-state index contributed by atoms with van der Waals surface area (Å²) in [6, 6.07) is 3.72. The van der Waals surface area contributed by atoms with Crippen LogP contribution in [-0.2, 0) is 15.9 Å². The number of nitrogens with zero attached hydrogens (tertiary/aromatic N) is 1. The molecule has 9 heteroatoms. The predicted molar refractivity (Wildman–Crippen MR) is 104 cm³/mol. The first-order valence-electron chi connectivity index (χ1n) is 10.1. The number of ether oxygens (including phenoxy) is 4. The molecule has 0 radical (unpaired) electrons. The minimum atomic E-state index is -4.68. The summed E-state index contributed by atoms with van der Waals surface area (Å²) >= 11 is 0. The molecule has 1 aromatic rings. The van der Waals surface area contributed by atoms with E-state index in [1.165, 1.54) is 7.11 Å². The van der Waals surface area contributed by atoms with Crippen molar-refractivity contribution in [2.75, 3.05) is 33.4 Å². The molecule has 1 fully saturated rings. The number of halogens is 3. The number of aliphatic hydroxyl groups excluding tert-OH is 1. The molecule has 0 aromatic heterocycles. The lowest BCUT2D eigenvalue weighted by Gasteiger charge is -2.46. The number of methoxy groups -OCH3 is 1. The quantitative estimate of drug-likeness (QED) is 0.694. The second kappa shape index (κ2) is 8.90. The minimum absolute atomic E-state index is 0.0279. The highest BCUT2D eigenvalue weighted by atomic mass is 19.4. The number of alkyl halides is 3. The Kier molecular flexibility index (Phi) is 6.86. The monoisotopic (exact) mass is 433 g/mol. The maximum Gasteiger partial charge on any atom is 0.522 e. The topological polar surface area (TPSA) is 60.4 Å². The Bertz CT molecular complexity index is 735. The Labute approximate surface area is 174 Å². The van der Waals surface area contributed by atoms with Crippen LogP contribution in [0.15, 0.2) is 12.1 Å². The molecule has 2 aliphatic rings. The first kappa shape index (κ1) is 23.1. The van der Waals surface area contributed by atoms with Crippen LogP contribution < -0.4 is 9.47 Å². The molecule has 3 atom stereocenters. The lowest BCUT2D eigenvalue weighted by Crippen LogP contribution is -2.53. The Hall–Kier alpha value is -1.55. The molecule has 0 amide bonds. The first-order chi connectivity index (χ1) is 14.0. The third-order valence-electron chi connectivity index (χ3n) is 5.31. The highest BCUT2D eigenvalue weighted by molar-refractivity contribution is 5.49. The minimum Gasteiger partial charge on any atom is -0.493 e. The molecule has 170 valence electrons. The molecular formula is C21H30F3NO5. The van der Waals surface area contributed by atoms with Crippen molar-refractivity contribution < 1.29 is 37.2 Å². The number of aliphatic hydroxyl groups is 1. The molecule has 3 rings (SSSR count). The van der Waals surface area contributed by atoms with Crippen LogP contribution in [0.1, 0.15) is 44.4 Å². The van der Waals surface area contributed by atoms with E-state index >= 15 is 0 Å². The standard InChI is InChI=1S/C21H30F3NO5/c1-20(2,3)30-19-12-25-6-5-13-9-18(28-7-8-29-21(22,23)24)17(27-4)10-14(13)15(25)11-16(19)26/h9-10,15-16,19,26H,5-8,11-12H2,1-4H3. The fourth-order valence-corrected chi connectivity index (χ4v) is 4.14. The van der Waals surface area contributed by atoms with Crippen LogP contribution in [0.5, 0.6) is 11.5 Å². The molecule has 1 aromatic carbocycles. The van der Waals surface area contributed by atoms with Gasteiger partial charge in [0.25, 0.3) is 0 Å². The highest BCUT2D eigenvalue weighted by Gasteiger charge is 2.40. The summed E-state index contributed by atoms with van der Waals surface area (Å²) < 4.78 is 57.1. The zero-order valence-electron chi connectivity index (χ0n) is 17.8. The van der Waals surface area contributed by atoms with Crippen molar-refractivity contribution in [3.05, 3.63) is 23.3 Å². The summed E-state index contributed by atoms with van der Waals surface area (Å²) in [6.07, 6.45) is -4.21. The van der Waals surface area contributed by atoms with E-state index in [1.807, 2.05) is 32.9 Å². The van der Waals surface area contributed by atoms with Crippen molar-refractivity contribution >= 4 is 0 Å². The largest absolute Gasteiger partial charge is 0.522 e.